The Bertz CT molecular complexity index is 3870. The maximum absolute atomic E-state index is 12.8. The molecule has 7 rings (SSSR count). The molecule has 25 nitrogen and oxygen atoms in total. The van der Waals surface area contributed by atoms with Gasteiger partial charge in [-0.25, -0.2) is 4.79 Å². The standard InChI is InChI=1S/C47H53N3O22S5/c1-46(2)39(7-5-8-40-47(3,16-6-24-73(54,55)56)45-34-26-30(75(60,61)62)28-38(77(66,67)68)32(34)10-12-36(45)49(40)17-20-69-4)48(18-21-71-23-22-70-19-15-43(53)72-50-41(51)13-14-42(50)52)35-11-9-31-33(44(35)46)25-29(74(57,58)59)27-37(31)76(63,64)65/h5,7-14,25-28H,6,15-24H2,1-4H3,(H6-,51,52,54,55,56,57,58,59,60,61,62,63,64,65,66,67,68)/p+1. The number of rotatable bonds is 23. The van der Waals surface area contributed by atoms with E-state index in [1.807, 2.05) is 0 Å². The van der Waals surface area contributed by atoms with Gasteiger partial charge in [0.15, 0.2) is 12.3 Å². The van der Waals surface area contributed by atoms with E-state index in [1.165, 1.54) is 25.3 Å². The lowest BCUT2D eigenvalue weighted by atomic mass is 9.75. The Morgan fingerprint density at radius 2 is 1.21 bits per heavy atom. The predicted molar refractivity (Wildman–Crippen MR) is 275 cm³/mol. The van der Waals surface area contributed by atoms with Crippen LogP contribution < -0.4 is 9.74 Å². The summed E-state index contributed by atoms with van der Waals surface area (Å²) in [7, 11) is -23.5. The van der Waals surface area contributed by atoms with E-state index >= 15 is 0 Å². The van der Waals surface area contributed by atoms with Gasteiger partial charge < -0.3 is 34.2 Å². The lowest BCUT2D eigenvalue weighted by Crippen LogP contribution is -2.31. The Balaban J connectivity index is 1.33. The van der Waals surface area contributed by atoms with Crippen molar-refractivity contribution in [1.82, 2.24) is 4.73 Å². The van der Waals surface area contributed by atoms with Crippen molar-refractivity contribution in [3.05, 3.63) is 95.7 Å². The van der Waals surface area contributed by atoms with E-state index in [0.29, 0.717) is 45.2 Å². The minimum atomic E-state index is -5.15. The van der Waals surface area contributed by atoms with Crippen LogP contribution in [0.1, 0.15) is 51.2 Å². The molecule has 2 aliphatic rings. The number of carbonyl (C=O) groups excluding carboxylic acids is 1. The molecule has 1 aromatic heterocycles. The summed E-state index contributed by atoms with van der Waals surface area (Å²) in [6, 6.07) is 11.3. The number of ether oxygens (including phenoxy) is 3. The first-order valence-corrected chi connectivity index (χ1v) is 30.4. The molecular formula is C47H54N3O22S5+. The molecule has 0 aliphatic carbocycles. The van der Waals surface area contributed by atoms with E-state index in [4.69, 9.17) is 19.0 Å². The van der Waals surface area contributed by atoms with Gasteiger partial charge in [0, 0.05) is 71.1 Å². The van der Waals surface area contributed by atoms with Crippen molar-refractivity contribution in [2.45, 2.75) is 70.4 Å². The Morgan fingerprint density at radius 1 is 0.662 bits per heavy atom. The Hall–Kier alpha value is -5.87. The molecule has 0 bridgehead atoms. The summed E-state index contributed by atoms with van der Waals surface area (Å²) in [5.74, 6) is -2.56. The summed E-state index contributed by atoms with van der Waals surface area (Å²) < 4.78 is 196. The van der Waals surface area contributed by atoms with Gasteiger partial charge in [-0.1, -0.05) is 12.1 Å². The summed E-state index contributed by atoms with van der Waals surface area (Å²) >= 11 is 0. The van der Waals surface area contributed by atoms with E-state index < -0.39 is 104 Å². The fourth-order valence-corrected chi connectivity index (χ4v) is 13.1. The second-order valence-corrected chi connectivity index (χ2v) is 25.8. The number of fused-ring (bicyclic) bond motifs is 6. The highest BCUT2D eigenvalue weighted by Crippen LogP contribution is 2.54. The zero-order valence-corrected chi connectivity index (χ0v) is 45.5. The Labute approximate surface area is 442 Å². The van der Waals surface area contributed by atoms with Crippen LogP contribution in [0.15, 0.2) is 104 Å². The maximum Gasteiger partial charge on any atom is 0.335 e. The Morgan fingerprint density at radius 3 is 1.74 bits per heavy atom. The number of methoxy groups -OCH3 is 1. The molecule has 4 aromatic carbocycles. The summed E-state index contributed by atoms with van der Waals surface area (Å²) in [5, 5.41) is 19.2. The van der Waals surface area contributed by atoms with E-state index in [-0.39, 0.29) is 92.5 Å². The first-order valence-electron chi connectivity index (χ1n) is 23.0. The normalized spacial score (nSPS) is 17.6. The van der Waals surface area contributed by atoms with Crippen LogP contribution in [0.4, 0.5) is 11.4 Å². The van der Waals surface area contributed by atoms with Gasteiger partial charge in [0.05, 0.1) is 53.8 Å². The maximum atomic E-state index is 12.8. The van der Waals surface area contributed by atoms with E-state index in [0.717, 1.165) is 24.3 Å². The molecule has 0 fully saturated rings. The van der Waals surface area contributed by atoms with Crippen molar-refractivity contribution >= 4 is 95.2 Å². The highest BCUT2D eigenvalue weighted by molar-refractivity contribution is 7.87. The van der Waals surface area contributed by atoms with Crippen LogP contribution in [0, 0.1) is 0 Å². The van der Waals surface area contributed by atoms with Crippen molar-refractivity contribution in [2.24, 2.45) is 0 Å². The average molecular weight is 1170 g/mol. The molecule has 2 aliphatic heterocycles. The molecular weight excluding hydrogens is 1120 g/mol. The molecule has 0 radical (unpaired) electrons. The van der Waals surface area contributed by atoms with Crippen LogP contribution in [-0.4, -0.2) is 155 Å². The number of aromatic nitrogens is 1. The fraction of sp³-hybridized carbons (Fsp3) is 0.362. The lowest BCUT2D eigenvalue weighted by Gasteiger charge is -2.31. The zero-order chi connectivity index (χ0) is 56.8. The van der Waals surface area contributed by atoms with Gasteiger partial charge in [-0.2, -0.15) is 46.7 Å². The van der Waals surface area contributed by atoms with Crippen LogP contribution >= 0.6 is 0 Å². The molecule has 418 valence electrons. The van der Waals surface area contributed by atoms with Crippen molar-refractivity contribution in [2.75, 3.05) is 63.9 Å². The zero-order valence-electron chi connectivity index (χ0n) is 41.4. The lowest BCUT2D eigenvalue weighted by molar-refractivity contribution is -0.442. The molecule has 5 aromatic rings. The number of carbonyl (C=O) groups is 1. The monoisotopic (exact) mass is 1170 g/mol. The van der Waals surface area contributed by atoms with Crippen LogP contribution in [0.25, 0.3) is 21.5 Å². The topological polar surface area (TPSA) is 377 Å². The molecule has 1 atom stereocenters. The molecule has 3 heterocycles. The van der Waals surface area contributed by atoms with Gasteiger partial charge in [-0.05, 0) is 92.4 Å². The highest BCUT2D eigenvalue weighted by atomic mass is 32.2. The summed E-state index contributed by atoms with van der Waals surface area (Å²) in [4.78, 5) is 15.5. The van der Waals surface area contributed by atoms with Gasteiger partial charge >= 0.3 is 5.97 Å². The van der Waals surface area contributed by atoms with E-state index in [2.05, 4.69) is 0 Å². The predicted octanol–water partition coefficient (Wildman–Crippen LogP) is 4.18. The molecule has 1 unspecified atom stereocenters. The number of hydrogen-bond acceptors (Lipinski definition) is 18. The minimum absolute atomic E-state index is 0.00289. The van der Waals surface area contributed by atoms with Gasteiger partial charge in [-0.3, -0.25) is 22.8 Å². The molecule has 0 saturated heterocycles. The van der Waals surface area contributed by atoms with Crippen LogP contribution in [0.5, 0.6) is 11.8 Å². The van der Waals surface area contributed by atoms with Crippen LogP contribution in [-0.2, 0) is 80.4 Å². The van der Waals surface area contributed by atoms with Crippen LogP contribution in [0.2, 0.25) is 0 Å². The number of benzene rings is 4. The fourth-order valence-electron chi connectivity index (χ4n) is 9.89. The largest absolute Gasteiger partial charge is 0.492 e. The van der Waals surface area contributed by atoms with Gasteiger partial charge in [0.25, 0.3) is 50.6 Å². The first-order chi connectivity index (χ1) is 35.7. The van der Waals surface area contributed by atoms with E-state index in [9.17, 15) is 79.9 Å². The smallest absolute Gasteiger partial charge is 0.335 e. The average Bonchev–Trinajstić information content (AvgIpc) is 3.86. The number of allylic oxidation sites excluding steroid dienone is 4. The van der Waals surface area contributed by atoms with Crippen molar-refractivity contribution in [3.63, 3.8) is 0 Å². The van der Waals surface area contributed by atoms with Crippen molar-refractivity contribution in [3.8, 4) is 11.8 Å². The molecule has 0 saturated carbocycles. The van der Waals surface area contributed by atoms with Crippen molar-refractivity contribution in [1.29, 1.82) is 0 Å². The molecule has 7 N–H and O–H groups in total. The number of hydrogen-bond donors (Lipinski definition) is 7. The molecule has 0 spiro atoms. The van der Waals surface area contributed by atoms with E-state index in [1.54, 1.807) is 54.5 Å². The first kappa shape index (κ1) is 58.8. The number of nitrogens with zero attached hydrogens (tertiary/aromatic N) is 3. The number of aromatic hydroxyl groups is 2. The van der Waals surface area contributed by atoms with Gasteiger partial charge in [0.2, 0.25) is 17.4 Å². The molecule has 30 heteroatoms. The quantitative estimate of drug-likeness (QED) is 0.0274. The summed E-state index contributed by atoms with van der Waals surface area (Å²) in [6.45, 7) is 5.25. The minimum Gasteiger partial charge on any atom is -0.492 e. The summed E-state index contributed by atoms with van der Waals surface area (Å²) in [6.07, 6.45) is 4.38. The second-order valence-electron chi connectivity index (χ2n) is 18.6. The van der Waals surface area contributed by atoms with Crippen molar-refractivity contribution < 1.29 is 103 Å². The molecule has 77 heavy (non-hydrogen) atoms. The SMILES string of the molecule is COCCN1C(=CC=CC2=[N+](CCOCCOCCC(=O)On3c(O)ccc3O)c3ccc4c(S(=O)(=O)O)cc(S(=O)(=O)O)cc4c3C2(C)C)C(C)(CCCS(=O)(=O)O)c2c1ccc1c(S(=O)(=O)O)cc(S(=O)(=O)O)cc21. The van der Waals surface area contributed by atoms with Crippen LogP contribution in [0.3, 0.4) is 0 Å². The third-order valence-corrected chi connectivity index (χ3v) is 17.4. The van der Waals surface area contributed by atoms with Gasteiger partial charge in [0.1, 0.15) is 16.4 Å². The highest BCUT2D eigenvalue weighted by Gasteiger charge is 2.48. The van der Waals surface area contributed by atoms with Gasteiger partial charge in [-0.15, -0.1) is 4.73 Å². The third kappa shape index (κ3) is 12.4. The Kier molecular flexibility index (Phi) is 16.6. The second kappa shape index (κ2) is 21.8. The summed E-state index contributed by atoms with van der Waals surface area (Å²) in [5.41, 5.74) is -0.279. The molecule has 0 amide bonds. The number of anilines is 1. The third-order valence-electron chi connectivity index (χ3n) is 13.2.